The van der Waals surface area contributed by atoms with Crippen LogP contribution in [0, 0.1) is 0 Å². The Morgan fingerprint density at radius 3 is 2.79 bits per heavy atom. The van der Waals surface area contributed by atoms with Gasteiger partial charge >= 0.3 is 12.0 Å². The van der Waals surface area contributed by atoms with E-state index in [0.717, 1.165) is 25.9 Å². The van der Waals surface area contributed by atoms with Gasteiger partial charge < -0.3 is 25.7 Å². The van der Waals surface area contributed by atoms with Gasteiger partial charge in [-0.15, -0.1) is 0 Å². The fourth-order valence-corrected chi connectivity index (χ4v) is 2.93. The average Bonchev–Trinajstić information content (AvgIpc) is 2.82. The van der Waals surface area contributed by atoms with E-state index in [1.165, 1.54) is 12.8 Å². The zero-order valence-corrected chi connectivity index (χ0v) is 10.8. The van der Waals surface area contributed by atoms with Gasteiger partial charge in [0.25, 0.3) is 0 Å². The first kappa shape index (κ1) is 14.1. The van der Waals surface area contributed by atoms with Gasteiger partial charge in [-0.2, -0.15) is 0 Å². The van der Waals surface area contributed by atoms with Gasteiger partial charge in [-0.3, -0.25) is 0 Å². The van der Waals surface area contributed by atoms with Crippen LogP contribution in [0.1, 0.15) is 25.7 Å². The summed E-state index contributed by atoms with van der Waals surface area (Å²) in [4.78, 5) is 24.8. The molecule has 0 aliphatic carbocycles. The lowest BCUT2D eigenvalue weighted by molar-refractivity contribution is -0.140. The lowest BCUT2D eigenvalue weighted by Crippen LogP contribution is -2.53. The quantitative estimate of drug-likeness (QED) is 0.544. The lowest BCUT2D eigenvalue weighted by atomic mass is 9.98. The van der Waals surface area contributed by atoms with Gasteiger partial charge in [-0.1, -0.05) is 0 Å². The van der Waals surface area contributed by atoms with Gasteiger partial charge in [-0.05, 0) is 32.2 Å². The molecule has 4 N–H and O–H groups in total. The highest BCUT2D eigenvalue weighted by atomic mass is 16.4. The standard InChI is InChI=1S/C12H21N3O4/c16-7-10(11(17)18)14-12(19)13-8-3-5-15-4-1-2-9(15)6-8/h8-10,16H,1-7H2,(H,17,18)(H2,13,14,19). The van der Waals surface area contributed by atoms with Gasteiger partial charge in [0.2, 0.25) is 0 Å². The predicted octanol–water partition coefficient (Wildman–Crippen LogP) is -0.642. The molecule has 0 aromatic rings. The summed E-state index contributed by atoms with van der Waals surface area (Å²) in [5.74, 6) is -1.23. The number of aliphatic hydroxyl groups is 1. The Morgan fingerprint density at radius 2 is 2.11 bits per heavy atom. The predicted molar refractivity (Wildman–Crippen MR) is 67.8 cm³/mol. The molecule has 0 radical (unpaired) electrons. The second-order valence-electron chi connectivity index (χ2n) is 5.24. The third kappa shape index (κ3) is 3.57. The number of carboxylic acids is 1. The Bertz CT molecular complexity index is 350. The number of urea groups is 1. The van der Waals surface area contributed by atoms with Crippen LogP contribution in [0.3, 0.4) is 0 Å². The number of aliphatic hydroxyl groups excluding tert-OH is 1. The fourth-order valence-electron chi connectivity index (χ4n) is 2.93. The maximum Gasteiger partial charge on any atom is 0.328 e. The average molecular weight is 271 g/mol. The van der Waals surface area contributed by atoms with Gasteiger partial charge in [-0.25, -0.2) is 9.59 Å². The Labute approximate surface area is 112 Å². The largest absolute Gasteiger partial charge is 0.480 e. The van der Waals surface area contributed by atoms with Gasteiger partial charge in [0.05, 0.1) is 6.61 Å². The molecule has 0 spiro atoms. The number of hydrogen-bond donors (Lipinski definition) is 4. The number of carboxylic acid groups (broad SMARTS) is 1. The van der Waals surface area contributed by atoms with E-state index in [-0.39, 0.29) is 6.04 Å². The van der Waals surface area contributed by atoms with Crippen molar-refractivity contribution >= 4 is 12.0 Å². The van der Waals surface area contributed by atoms with E-state index in [0.29, 0.717) is 6.04 Å². The van der Waals surface area contributed by atoms with Crippen molar-refractivity contribution in [2.45, 2.75) is 43.8 Å². The number of carbonyl (C=O) groups is 2. The van der Waals surface area contributed by atoms with Crippen LogP contribution in [0.2, 0.25) is 0 Å². The molecule has 2 fully saturated rings. The molecule has 0 aromatic heterocycles. The highest BCUT2D eigenvalue weighted by Crippen LogP contribution is 2.26. The van der Waals surface area contributed by atoms with Crippen molar-refractivity contribution in [1.29, 1.82) is 0 Å². The Kier molecular flexibility index (Phi) is 4.60. The molecule has 7 heteroatoms. The normalized spacial score (nSPS) is 28.5. The summed E-state index contributed by atoms with van der Waals surface area (Å²) in [5.41, 5.74) is 0. The molecular weight excluding hydrogens is 250 g/mol. The van der Waals surface area contributed by atoms with E-state index in [4.69, 9.17) is 10.2 Å². The number of piperidine rings is 1. The van der Waals surface area contributed by atoms with E-state index in [9.17, 15) is 9.59 Å². The minimum atomic E-state index is -1.24. The molecule has 0 saturated carbocycles. The Hall–Kier alpha value is -1.34. The number of aliphatic carboxylic acids is 1. The first-order valence-electron chi connectivity index (χ1n) is 6.75. The number of rotatable bonds is 4. The third-order valence-corrected chi connectivity index (χ3v) is 3.94. The van der Waals surface area contributed by atoms with Crippen molar-refractivity contribution in [1.82, 2.24) is 15.5 Å². The maximum absolute atomic E-state index is 11.7. The summed E-state index contributed by atoms with van der Waals surface area (Å²) in [6, 6.07) is -1.12. The first-order chi connectivity index (χ1) is 9.10. The van der Waals surface area contributed by atoms with E-state index in [2.05, 4.69) is 15.5 Å². The van der Waals surface area contributed by atoms with Crippen molar-refractivity contribution in [2.75, 3.05) is 19.7 Å². The van der Waals surface area contributed by atoms with Gasteiger partial charge in [0, 0.05) is 18.6 Å². The number of hydrogen-bond acceptors (Lipinski definition) is 4. The number of fused-ring (bicyclic) bond motifs is 1. The van der Waals surface area contributed by atoms with Crippen molar-refractivity contribution in [3.05, 3.63) is 0 Å². The topological polar surface area (TPSA) is 102 Å². The van der Waals surface area contributed by atoms with Crippen LogP contribution in [-0.2, 0) is 4.79 Å². The number of amides is 2. The summed E-state index contributed by atoms with van der Waals surface area (Å²) in [7, 11) is 0. The molecule has 3 atom stereocenters. The first-order valence-corrected chi connectivity index (χ1v) is 6.75. The summed E-state index contributed by atoms with van der Waals surface area (Å²) >= 11 is 0. The van der Waals surface area contributed by atoms with Gasteiger partial charge in [0.1, 0.15) is 0 Å². The number of carbonyl (C=O) groups excluding carboxylic acids is 1. The van der Waals surface area contributed by atoms with Crippen LogP contribution in [0.15, 0.2) is 0 Å². The fraction of sp³-hybridized carbons (Fsp3) is 0.833. The second kappa shape index (κ2) is 6.21. The molecule has 0 aromatic carbocycles. The molecular formula is C12H21N3O4. The highest BCUT2D eigenvalue weighted by Gasteiger charge is 2.32. The number of nitrogens with one attached hydrogen (secondary N) is 2. The van der Waals surface area contributed by atoms with Crippen molar-refractivity contribution in [2.24, 2.45) is 0 Å². The van der Waals surface area contributed by atoms with E-state index in [1.807, 2.05) is 0 Å². The van der Waals surface area contributed by atoms with Crippen LogP contribution < -0.4 is 10.6 Å². The minimum Gasteiger partial charge on any atom is -0.480 e. The number of nitrogens with zero attached hydrogens (tertiary/aromatic N) is 1. The third-order valence-electron chi connectivity index (χ3n) is 3.94. The summed E-state index contributed by atoms with van der Waals surface area (Å²) in [5, 5.41) is 22.6. The van der Waals surface area contributed by atoms with Crippen molar-refractivity contribution in [3.8, 4) is 0 Å². The lowest BCUT2D eigenvalue weighted by Gasteiger charge is -2.35. The van der Waals surface area contributed by atoms with Crippen LogP contribution in [0.5, 0.6) is 0 Å². The van der Waals surface area contributed by atoms with Crippen molar-refractivity contribution in [3.63, 3.8) is 0 Å². The monoisotopic (exact) mass is 271 g/mol. The minimum absolute atomic E-state index is 0.0903. The molecule has 7 nitrogen and oxygen atoms in total. The van der Waals surface area contributed by atoms with Crippen LogP contribution in [0.25, 0.3) is 0 Å². The summed E-state index contributed by atoms with van der Waals surface area (Å²) in [6.07, 6.45) is 4.20. The molecule has 2 heterocycles. The SMILES string of the molecule is O=C(NC1CCN2CCCC2C1)NC(CO)C(=O)O. The smallest absolute Gasteiger partial charge is 0.328 e. The zero-order valence-electron chi connectivity index (χ0n) is 10.8. The molecule has 2 aliphatic heterocycles. The molecule has 3 unspecified atom stereocenters. The maximum atomic E-state index is 11.7. The van der Waals surface area contributed by atoms with E-state index < -0.39 is 24.6 Å². The van der Waals surface area contributed by atoms with Crippen LogP contribution in [-0.4, -0.2) is 64.9 Å². The van der Waals surface area contributed by atoms with Crippen LogP contribution >= 0.6 is 0 Å². The highest BCUT2D eigenvalue weighted by molar-refractivity contribution is 5.82. The van der Waals surface area contributed by atoms with Crippen LogP contribution in [0.4, 0.5) is 4.79 Å². The van der Waals surface area contributed by atoms with Gasteiger partial charge in [0.15, 0.2) is 6.04 Å². The Balaban J connectivity index is 1.77. The zero-order chi connectivity index (χ0) is 13.8. The molecule has 2 rings (SSSR count). The molecule has 2 amide bonds. The second-order valence-corrected chi connectivity index (χ2v) is 5.24. The molecule has 19 heavy (non-hydrogen) atoms. The molecule has 2 aliphatic rings. The molecule has 108 valence electrons. The Morgan fingerprint density at radius 1 is 1.32 bits per heavy atom. The summed E-state index contributed by atoms with van der Waals surface area (Å²) in [6.45, 7) is 1.52. The molecule has 2 saturated heterocycles. The molecule has 0 bridgehead atoms. The summed E-state index contributed by atoms with van der Waals surface area (Å²) < 4.78 is 0. The van der Waals surface area contributed by atoms with E-state index >= 15 is 0 Å². The van der Waals surface area contributed by atoms with Crippen molar-refractivity contribution < 1.29 is 19.8 Å². The van der Waals surface area contributed by atoms with E-state index in [1.54, 1.807) is 0 Å².